The van der Waals surface area contributed by atoms with E-state index in [0.29, 0.717) is 12.2 Å². The molecule has 2 nitrogen and oxygen atoms in total. The molecule has 0 unspecified atom stereocenters. The monoisotopic (exact) mass is 365 g/mol. The second kappa shape index (κ2) is 11.4. The van der Waals surface area contributed by atoms with Gasteiger partial charge in [-0.3, -0.25) is 0 Å². The van der Waals surface area contributed by atoms with Crippen molar-refractivity contribution in [2.24, 2.45) is 0 Å². The zero-order valence-electron chi connectivity index (χ0n) is 17.9. The number of hydrogen-bond acceptors (Lipinski definition) is 2. The quantitative estimate of drug-likeness (QED) is 0.470. The Morgan fingerprint density at radius 1 is 0.963 bits per heavy atom. The first kappa shape index (κ1) is 22.8. The molecule has 0 aliphatic rings. The van der Waals surface area contributed by atoms with Crippen LogP contribution in [0.1, 0.15) is 83.1 Å². The van der Waals surface area contributed by atoms with Gasteiger partial charge in [0, 0.05) is 5.41 Å². The van der Waals surface area contributed by atoms with Gasteiger partial charge >= 0.3 is 0 Å². The molecule has 146 valence electrons. The van der Waals surface area contributed by atoms with E-state index in [1.807, 2.05) is 26.0 Å². The molecular weight excluding hydrogens is 330 g/mol. The van der Waals surface area contributed by atoms with Crippen molar-refractivity contribution in [1.29, 1.82) is 5.26 Å². The number of rotatable bonds is 8. The van der Waals surface area contributed by atoms with Crippen molar-refractivity contribution in [1.82, 2.24) is 0 Å². The van der Waals surface area contributed by atoms with E-state index >= 15 is 0 Å². The molecule has 27 heavy (non-hydrogen) atoms. The van der Waals surface area contributed by atoms with E-state index in [1.54, 1.807) is 0 Å². The highest BCUT2D eigenvalue weighted by Crippen LogP contribution is 2.36. The van der Waals surface area contributed by atoms with Crippen LogP contribution in [0.5, 0.6) is 5.75 Å². The molecular formula is C25H35NO. The van der Waals surface area contributed by atoms with Crippen LogP contribution in [0.3, 0.4) is 0 Å². The van der Waals surface area contributed by atoms with Crippen molar-refractivity contribution < 1.29 is 4.74 Å². The number of hydrogen-bond donors (Lipinski definition) is 0. The first-order chi connectivity index (χ1) is 13.0. The Balaban J connectivity index is 0.00000176. The first-order valence-electron chi connectivity index (χ1n) is 10.3. The molecule has 0 amide bonds. The summed E-state index contributed by atoms with van der Waals surface area (Å²) >= 11 is 0. The second-order valence-electron chi connectivity index (χ2n) is 7.07. The van der Waals surface area contributed by atoms with E-state index < -0.39 is 0 Å². The summed E-state index contributed by atoms with van der Waals surface area (Å²) in [5, 5.41) is 9.70. The van der Waals surface area contributed by atoms with Crippen molar-refractivity contribution in [3.05, 3.63) is 64.7 Å². The number of aryl methyl sites for hydroxylation is 1. The van der Waals surface area contributed by atoms with E-state index in [4.69, 9.17) is 4.74 Å². The number of ether oxygens (including phenoxy) is 1. The average Bonchev–Trinajstić information content (AvgIpc) is 2.71. The Kier molecular flexibility index (Phi) is 9.65. The zero-order chi connectivity index (χ0) is 20.3. The molecule has 0 bridgehead atoms. The van der Waals surface area contributed by atoms with Gasteiger partial charge in [-0.15, -0.1) is 0 Å². The fourth-order valence-electron chi connectivity index (χ4n) is 3.10. The third-order valence-electron chi connectivity index (χ3n) is 4.77. The lowest BCUT2D eigenvalue weighted by atomic mass is 9.77. The second-order valence-corrected chi connectivity index (χ2v) is 7.07. The van der Waals surface area contributed by atoms with Crippen LogP contribution < -0.4 is 4.74 Å². The van der Waals surface area contributed by atoms with Crippen molar-refractivity contribution in [3.8, 4) is 11.8 Å². The third-order valence-corrected chi connectivity index (χ3v) is 4.77. The highest BCUT2D eigenvalue weighted by atomic mass is 16.5. The van der Waals surface area contributed by atoms with E-state index in [0.717, 1.165) is 37.0 Å². The lowest BCUT2D eigenvalue weighted by molar-refractivity contribution is 0.305. The van der Waals surface area contributed by atoms with Crippen LogP contribution in [0.25, 0.3) is 0 Å². The zero-order valence-corrected chi connectivity index (χ0v) is 17.9. The summed E-state index contributed by atoms with van der Waals surface area (Å²) in [5.41, 5.74) is 4.07. The molecule has 2 heteroatoms. The molecule has 0 heterocycles. The summed E-state index contributed by atoms with van der Waals surface area (Å²) in [5.74, 6) is 0.783. The minimum Gasteiger partial charge on any atom is -0.492 e. The normalized spacial score (nSPS) is 10.6. The Hall–Kier alpha value is -2.27. The van der Waals surface area contributed by atoms with Gasteiger partial charge in [0.05, 0.1) is 12.2 Å². The maximum absolute atomic E-state index is 9.70. The minimum atomic E-state index is -0.155. The van der Waals surface area contributed by atoms with Crippen LogP contribution in [0.15, 0.2) is 42.5 Å². The topological polar surface area (TPSA) is 33.0 Å². The van der Waals surface area contributed by atoms with Crippen molar-refractivity contribution in [3.63, 3.8) is 0 Å². The van der Waals surface area contributed by atoms with Crippen molar-refractivity contribution in [2.45, 2.75) is 72.6 Å². The van der Waals surface area contributed by atoms with Crippen LogP contribution in [0, 0.1) is 11.3 Å². The molecule has 0 aromatic heterocycles. The van der Waals surface area contributed by atoms with Gasteiger partial charge in [-0.2, -0.15) is 5.26 Å². The van der Waals surface area contributed by atoms with Gasteiger partial charge in [0.1, 0.15) is 11.8 Å². The SMILES string of the molecule is CC.CCCCOc1c(C#N)cc(C(C)(C)c2ccccc2)cc1CCC. The summed E-state index contributed by atoms with van der Waals surface area (Å²) in [6, 6.07) is 17.1. The summed E-state index contributed by atoms with van der Waals surface area (Å²) in [6.45, 7) is 13.4. The molecule has 2 rings (SSSR count). The molecule has 0 radical (unpaired) electrons. The van der Waals surface area contributed by atoms with Crippen LogP contribution in [0.4, 0.5) is 0 Å². The summed E-state index contributed by atoms with van der Waals surface area (Å²) in [6.07, 6.45) is 4.05. The fraction of sp³-hybridized carbons (Fsp3) is 0.480. The molecule has 0 aliphatic heterocycles. The van der Waals surface area contributed by atoms with E-state index in [2.05, 4.69) is 64.1 Å². The lowest BCUT2D eigenvalue weighted by Gasteiger charge is -2.28. The Morgan fingerprint density at radius 2 is 1.63 bits per heavy atom. The smallest absolute Gasteiger partial charge is 0.140 e. The highest BCUT2D eigenvalue weighted by molar-refractivity contribution is 5.54. The van der Waals surface area contributed by atoms with Crippen molar-refractivity contribution in [2.75, 3.05) is 6.61 Å². The molecule has 0 atom stereocenters. The first-order valence-corrected chi connectivity index (χ1v) is 10.3. The van der Waals surface area contributed by atoms with Gasteiger partial charge in [0.25, 0.3) is 0 Å². The summed E-state index contributed by atoms with van der Waals surface area (Å²) in [7, 11) is 0. The number of unbranched alkanes of at least 4 members (excludes halogenated alkanes) is 1. The Labute approximate surface area is 166 Å². The van der Waals surface area contributed by atoms with Crippen LogP contribution in [-0.4, -0.2) is 6.61 Å². The minimum absolute atomic E-state index is 0.155. The Bertz CT molecular complexity index is 726. The molecule has 0 saturated carbocycles. The Morgan fingerprint density at radius 3 is 2.19 bits per heavy atom. The van der Waals surface area contributed by atoms with Crippen molar-refractivity contribution >= 4 is 0 Å². The van der Waals surface area contributed by atoms with E-state index in [1.165, 1.54) is 11.1 Å². The molecule has 2 aromatic carbocycles. The van der Waals surface area contributed by atoms with Gasteiger partial charge in [0.2, 0.25) is 0 Å². The van der Waals surface area contributed by atoms with Gasteiger partial charge in [0.15, 0.2) is 0 Å². The lowest BCUT2D eigenvalue weighted by Crippen LogP contribution is -2.20. The number of nitriles is 1. The van der Waals surface area contributed by atoms with E-state index in [-0.39, 0.29) is 5.41 Å². The summed E-state index contributed by atoms with van der Waals surface area (Å²) < 4.78 is 6.00. The van der Waals surface area contributed by atoms with Gasteiger partial charge in [-0.1, -0.05) is 90.8 Å². The molecule has 0 fully saturated rings. The summed E-state index contributed by atoms with van der Waals surface area (Å²) in [4.78, 5) is 0. The maximum Gasteiger partial charge on any atom is 0.140 e. The van der Waals surface area contributed by atoms with Crippen LogP contribution >= 0.6 is 0 Å². The molecule has 0 aliphatic carbocycles. The standard InChI is InChI=1S/C23H29NO.C2H6/c1-5-7-14-25-22-18(11-6-2)15-21(16-19(22)17-24)23(3,4)20-12-9-8-10-13-20;1-2/h8-10,12-13,15-16H,5-7,11,14H2,1-4H3;1-2H3. The number of benzene rings is 2. The molecule has 0 N–H and O–H groups in total. The van der Waals surface area contributed by atoms with E-state index in [9.17, 15) is 5.26 Å². The predicted molar refractivity (Wildman–Crippen MR) is 115 cm³/mol. The number of nitrogens with zero attached hydrogens (tertiary/aromatic N) is 1. The predicted octanol–water partition coefficient (Wildman–Crippen LogP) is 7.04. The third kappa shape index (κ3) is 5.86. The van der Waals surface area contributed by atoms with Crippen LogP contribution in [0.2, 0.25) is 0 Å². The average molecular weight is 366 g/mol. The maximum atomic E-state index is 9.70. The van der Waals surface area contributed by atoms with Crippen LogP contribution in [-0.2, 0) is 11.8 Å². The van der Waals surface area contributed by atoms with Gasteiger partial charge < -0.3 is 4.74 Å². The molecule has 0 saturated heterocycles. The fourth-order valence-corrected chi connectivity index (χ4v) is 3.10. The van der Waals surface area contributed by atoms with Gasteiger partial charge in [-0.25, -0.2) is 0 Å². The largest absolute Gasteiger partial charge is 0.492 e. The molecule has 2 aromatic rings. The molecule has 0 spiro atoms. The van der Waals surface area contributed by atoms with Gasteiger partial charge in [-0.05, 0) is 35.6 Å². The highest BCUT2D eigenvalue weighted by Gasteiger charge is 2.25.